The Hall–Kier alpha value is -4.49. The molecule has 1 aliphatic heterocycles. The van der Waals surface area contributed by atoms with E-state index in [1.807, 2.05) is 66.7 Å². The molecule has 1 fully saturated rings. The normalized spacial score (nSPS) is 15.5. The summed E-state index contributed by atoms with van der Waals surface area (Å²) in [5.41, 5.74) is 4.51. The number of hydroxylamine groups is 1. The highest BCUT2D eigenvalue weighted by molar-refractivity contribution is 6.04. The van der Waals surface area contributed by atoms with E-state index in [1.165, 1.54) is 4.90 Å². The molecule has 0 saturated carbocycles. The second kappa shape index (κ2) is 10.0. The molecular weight excluding hydrogens is 454 g/mol. The molecule has 0 aliphatic carbocycles. The average Bonchev–Trinajstić information content (AvgIpc) is 3.13. The first kappa shape index (κ1) is 23.3. The Bertz CT molecular complexity index is 1420. The molecule has 1 heterocycles. The van der Waals surface area contributed by atoms with Crippen LogP contribution in [0.2, 0.25) is 0 Å². The number of rotatable bonds is 7. The van der Waals surface area contributed by atoms with E-state index >= 15 is 0 Å². The summed E-state index contributed by atoms with van der Waals surface area (Å²) < 4.78 is 0. The van der Waals surface area contributed by atoms with Crippen LogP contribution in [0.15, 0.2) is 97.1 Å². The third-order valence-corrected chi connectivity index (χ3v) is 6.50. The molecule has 1 aliphatic rings. The first-order valence-electron chi connectivity index (χ1n) is 11.7. The van der Waals surface area contributed by atoms with Gasteiger partial charge in [0.1, 0.15) is 6.04 Å². The summed E-state index contributed by atoms with van der Waals surface area (Å²) in [6, 6.07) is 29.3. The van der Waals surface area contributed by atoms with E-state index in [1.54, 1.807) is 34.6 Å². The fourth-order valence-corrected chi connectivity index (χ4v) is 4.60. The fourth-order valence-electron chi connectivity index (χ4n) is 4.60. The molecule has 36 heavy (non-hydrogen) atoms. The number of fused-ring (bicyclic) bond motifs is 1. The van der Waals surface area contributed by atoms with Gasteiger partial charge in [-0.05, 0) is 45.7 Å². The maximum Gasteiger partial charge on any atom is 0.328 e. The highest BCUT2D eigenvalue weighted by Crippen LogP contribution is 2.27. The summed E-state index contributed by atoms with van der Waals surface area (Å²) in [7, 11) is 0. The molecule has 0 radical (unpaired) electrons. The number of hydrogen-bond donors (Lipinski definition) is 2. The second-order valence-corrected chi connectivity index (χ2v) is 8.86. The molecule has 180 valence electrons. The molecule has 4 amide bonds. The van der Waals surface area contributed by atoms with Crippen LogP contribution in [0, 0.1) is 0 Å². The summed E-state index contributed by atoms with van der Waals surface area (Å²) in [5.74, 6) is -0.874. The Morgan fingerprint density at radius 3 is 2.14 bits per heavy atom. The summed E-state index contributed by atoms with van der Waals surface area (Å²) in [4.78, 5) is 41.6. The number of amides is 4. The van der Waals surface area contributed by atoms with Crippen molar-refractivity contribution in [3.05, 3.63) is 119 Å². The van der Waals surface area contributed by atoms with Crippen LogP contribution >= 0.6 is 0 Å². The number of benzene rings is 4. The standard InChI is InChI=1S/C29H25N3O4/c33-27(30-36)24-14-10-21(11-15-24)18-32-28(34)26(17-20-6-2-1-3-7-20)31(29(32)35)19-22-12-13-23-8-4-5-9-25(23)16-22/h1-16,26,36H,17-19H2,(H,30,33). The van der Waals surface area contributed by atoms with E-state index in [0.717, 1.165) is 21.9 Å². The summed E-state index contributed by atoms with van der Waals surface area (Å²) in [5, 5.41) is 11.0. The number of imide groups is 1. The first-order valence-corrected chi connectivity index (χ1v) is 11.7. The molecule has 0 spiro atoms. The van der Waals surface area contributed by atoms with Crippen LogP contribution in [-0.2, 0) is 24.3 Å². The fraction of sp³-hybridized carbons (Fsp3) is 0.138. The van der Waals surface area contributed by atoms with Crippen molar-refractivity contribution in [2.45, 2.75) is 25.6 Å². The van der Waals surface area contributed by atoms with Crippen molar-refractivity contribution in [2.24, 2.45) is 0 Å². The summed E-state index contributed by atoms with van der Waals surface area (Å²) >= 11 is 0. The van der Waals surface area contributed by atoms with Crippen LogP contribution in [0.4, 0.5) is 4.79 Å². The summed E-state index contributed by atoms with van der Waals surface area (Å²) in [6.45, 7) is 0.414. The van der Waals surface area contributed by atoms with Gasteiger partial charge in [-0.2, -0.15) is 0 Å². The molecule has 5 rings (SSSR count). The minimum absolute atomic E-state index is 0.0954. The molecule has 2 N–H and O–H groups in total. The van der Waals surface area contributed by atoms with E-state index in [2.05, 4.69) is 6.07 Å². The van der Waals surface area contributed by atoms with Gasteiger partial charge in [0.05, 0.1) is 6.54 Å². The lowest BCUT2D eigenvalue weighted by molar-refractivity contribution is -0.128. The van der Waals surface area contributed by atoms with E-state index in [4.69, 9.17) is 5.21 Å². The highest BCUT2D eigenvalue weighted by Gasteiger charge is 2.44. The van der Waals surface area contributed by atoms with Crippen molar-refractivity contribution >= 4 is 28.6 Å². The van der Waals surface area contributed by atoms with Crippen LogP contribution in [-0.4, -0.2) is 38.9 Å². The number of nitrogens with one attached hydrogen (secondary N) is 1. The minimum atomic E-state index is -0.626. The Balaban J connectivity index is 1.42. The lowest BCUT2D eigenvalue weighted by atomic mass is 10.0. The minimum Gasteiger partial charge on any atom is -0.308 e. The maximum absolute atomic E-state index is 13.5. The van der Waals surface area contributed by atoms with E-state index in [9.17, 15) is 14.4 Å². The predicted octanol–water partition coefficient (Wildman–Crippen LogP) is 4.53. The second-order valence-electron chi connectivity index (χ2n) is 8.86. The molecule has 1 atom stereocenters. The van der Waals surface area contributed by atoms with Gasteiger partial charge in [0.2, 0.25) is 0 Å². The Morgan fingerprint density at radius 1 is 0.750 bits per heavy atom. The largest absolute Gasteiger partial charge is 0.328 e. The van der Waals surface area contributed by atoms with Gasteiger partial charge in [0.15, 0.2) is 0 Å². The van der Waals surface area contributed by atoms with Crippen molar-refractivity contribution in [2.75, 3.05) is 0 Å². The topological polar surface area (TPSA) is 89.9 Å². The molecule has 4 aromatic carbocycles. The quantitative estimate of drug-likeness (QED) is 0.231. The van der Waals surface area contributed by atoms with Gasteiger partial charge in [-0.3, -0.25) is 19.7 Å². The number of carbonyl (C=O) groups is 3. The lowest BCUT2D eigenvalue weighted by Crippen LogP contribution is -2.36. The monoisotopic (exact) mass is 479 g/mol. The van der Waals surface area contributed by atoms with Crippen molar-refractivity contribution in [3.63, 3.8) is 0 Å². The molecular formula is C29H25N3O4. The SMILES string of the molecule is O=C(NO)c1ccc(CN2C(=O)C(Cc3ccccc3)N(Cc3ccc4ccccc4c3)C2=O)cc1. The van der Waals surface area contributed by atoms with E-state index in [0.29, 0.717) is 18.5 Å². The zero-order chi connectivity index (χ0) is 25.1. The zero-order valence-corrected chi connectivity index (χ0v) is 19.5. The average molecular weight is 480 g/mol. The van der Waals surface area contributed by atoms with Gasteiger partial charge in [-0.25, -0.2) is 10.3 Å². The molecule has 7 nitrogen and oxygen atoms in total. The number of urea groups is 1. The van der Waals surface area contributed by atoms with Crippen LogP contribution in [0.5, 0.6) is 0 Å². The molecule has 7 heteroatoms. The van der Waals surface area contributed by atoms with Gasteiger partial charge in [0.25, 0.3) is 11.8 Å². The third-order valence-electron chi connectivity index (χ3n) is 6.50. The van der Waals surface area contributed by atoms with Crippen molar-refractivity contribution < 1.29 is 19.6 Å². The molecule has 0 aromatic heterocycles. The number of carbonyl (C=O) groups excluding carboxylic acids is 3. The zero-order valence-electron chi connectivity index (χ0n) is 19.5. The van der Waals surface area contributed by atoms with Gasteiger partial charge in [-0.1, -0.05) is 78.9 Å². The smallest absolute Gasteiger partial charge is 0.308 e. The van der Waals surface area contributed by atoms with E-state index in [-0.39, 0.29) is 24.0 Å². The molecule has 1 unspecified atom stereocenters. The van der Waals surface area contributed by atoms with Crippen LogP contribution in [0.3, 0.4) is 0 Å². The van der Waals surface area contributed by atoms with Gasteiger partial charge in [-0.15, -0.1) is 0 Å². The third kappa shape index (κ3) is 4.69. The van der Waals surface area contributed by atoms with Crippen molar-refractivity contribution in [1.82, 2.24) is 15.3 Å². The molecule has 4 aromatic rings. The predicted molar refractivity (Wildman–Crippen MR) is 135 cm³/mol. The number of nitrogens with zero attached hydrogens (tertiary/aromatic N) is 2. The molecule has 0 bridgehead atoms. The van der Waals surface area contributed by atoms with Crippen LogP contribution < -0.4 is 5.48 Å². The van der Waals surface area contributed by atoms with Crippen LogP contribution in [0.1, 0.15) is 27.0 Å². The lowest BCUT2D eigenvalue weighted by Gasteiger charge is -2.22. The van der Waals surface area contributed by atoms with Gasteiger partial charge >= 0.3 is 6.03 Å². The van der Waals surface area contributed by atoms with Crippen molar-refractivity contribution in [3.8, 4) is 0 Å². The highest BCUT2D eigenvalue weighted by atomic mass is 16.5. The van der Waals surface area contributed by atoms with Crippen LogP contribution in [0.25, 0.3) is 10.8 Å². The van der Waals surface area contributed by atoms with Crippen molar-refractivity contribution in [1.29, 1.82) is 0 Å². The Labute approximate surface area is 208 Å². The maximum atomic E-state index is 13.5. The number of hydrogen-bond acceptors (Lipinski definition) is 4. The van der Waals surface area contributed by atoms with E-state index < -0.39 is 11.9 Å². The van der Waals surface area contributed by atoms with Gasteiger partial charge < -0.3 is 4.90 Å². The Kier molecular flexibility index (Phi) is 6.47. The summed E-state index contributed by atoms with van der Waals surface area (Å²) in [6.07, 6.45) is 0.422. The van der Waals surface area contributed by atoms with Gasteiger partial charge in [0, 0.05) is 18.5 Å². The first-order chi connectivity index (χ1) is 17.5. The Morgan fingerprint density at radius 2 is 1.42 bits per heavy atom. The molecule has 1 saturated heterocycles.